The zero-order valence-corrected chi connectivity index (χ0v) is 17.5. The summed E-state index contributed by atoms with van der Waals surface area (Å²) in [6.45, 7) is 0.121. The molecule has 0 unspecified atom stereocenters. The van der Waals surface area contributed by atoms with E-state index in [9.17, 15) is 23.3 Å². The van der Waals surface area contributed by atoms with Gasteiger partial charge in [0.1, 0.15) is 10.6 Å². The fraction of sp³-hybridized carbons (Fsp3) is 0.100. The van der Waals surface area contributed by atoms with E-state index < -0.39 is 14.9 Å². The normalized spacial score (nSPS) is 11.4. The molecule has 0 aliphatic rings. The number of aromatic nitrogens is 3. The minimum Gasteiger partial charge on any atom is -0.495 e. The van der Waals surface area contributed by atoms with Gasteiger partial charge in [-0.15, -0.1) is 5.10 Å². The van der Waals surface area contributed by atoms with E-state index in [1.54, 1.807) is 42.6 Å². The van der Waals surface area contributed by atoms with E-state index >= 15 is 0 Å². The smallest absolute Gasteiger partial charge is 0.350 e. The molecule has 164 valence electrons. The van der Waals surface area contributed by atoms with E-state index in [1.165, 1.54) is 28.3 Å². The van der Waals surface area contributed by atoms with Crippen molar-refractivity contribution in [2.75, 3.05) is 11.8 Å². The van der Waals surface area contributed by atoms with Crippen LogP contribution in [0.1, 0.15) is 5.56 Å². The molecule has 12 heteroatoms. The number of non-ortho nitro benzene ring substituents is 1. The molecule has 2 aromatic carbocycles. The lowest BCUT2D eigenvalue weighted by Crippen LogP contribution is -2.21. The number of nitro groups is 1. The van der Waals surface area contributed by atoms with Gasteiger partial charge in [-0.3, -0.25) is 19.2 Å². The van der Waals surface area contributed by atoms with Gasteiger partial charge in [0.2, 0.25) is 0 Å². The van der Waals surface area contributed by atoms with E-state index in [1.807, 2.05) is 0 Å². The third kappa shape index (κ3) is 4.03. The van der Waals surface area contributed by atoms with Crippen molar-refractivity contribution in [3.8, 4) is 5.75 Å². The Morgan fingerprint density at radius 3 is 2.66 bits per heavy atom. The molecule has 0 aliphatic carbocycles. The Morgan fingerprint density at radius 2 is 1.94 bits per heavy atom. The number of pyridine rings is 1. The molecule has 0 amide bonds. The van der Waals surface area contributed by atoms with E-state index in [0.29, 0.717) is 11.2 Å². The van der Waals surface area contributed by atoms with Crippen LogP contribution >= 0.6 is 0 Å². The summed E-state index contributed by atoms with van der Waals surface area (Å²) < 4.78 is 36.0. The predicted octanol–water partition coefficient (Wildman–Crippen LogP) is 2.26. The fourth-order valence-corrected chi connectivity index (χ4v) is 4.42. The number of sulfonamides is 1. The quantitative estimate of drug-likeness (QED) is 0.333. The maximum absolute atomic E-state index is 12.9. The molecular formula is C20H17N5O6S. The van der Waals surface area contributed by atoms with Crippen LogP contribution in [0, 0.1) is 10.1 Å². The van der Waals surface area contributed by atoms with Gasteiger partial charge in [0.15, 0.2) is 5.65 Å². The van der Waals surface area contributed by atoms with Crippen LogP contribution in [0.15, 0.2) is 76.6 Å². The van der Waals surface area contributed by atoms with Gasteiger partial charge in [-0.1, -0.05) is 18.2 Å². The van der Waals surface area contributed by atoms with Crippen molar-refractivity contribution >= 4 is 27.0 Å². The van der Waals surface area contributed by atoms with Crippen LogP contribution in [0.5, 0.6) is 5.75 Å². The summed E-state index contributed by atoms with van der Waals surface area (Å²) in [6.07, 6.45) is 1.61. The number of benzene rings is 2. The average Bonchev–Trinajstić information content (AvgIpc) is 3.08. The predicted molar refractivity (Wildman–Crippen MR) is 115 cm³/mol. The molecule has 0 atom stereocenters. The molecule has 0 spiro atoms. The van der Waals surface area contributed by atoms with Gasteiger partial charge < -0.3 is 4.74 Å². The van der Waals surface area contributed by atoms with Crippen LogP contribution < -0.4 is 15.1 Å². The highest BCUT2D eigenvalue weighted by Crippen LogP contribution is 2.29. The first kappa shape index (κ1) is 21.1. The number of nitrogens with one attached hydrogen (secondary N) is 1. The second-order valence-electron chi connectivity index (χ2n) is 6.77. The van der Waals surface area contributed by atoms with Crippen molar-refractivity contribution in [3.63, 3.8) is 0 Å². The number of anilines is 1. The first-order valence-electron chi connectivity index (χ1n) is 9.27. The first-order chi connectivity index (χ1) is 15.3. The van der Waals surface area contributed by atoms with Gasteiger partial charge in [-0.25, -0.2) is 17.9 Å². The monoisotopic (exact) mass is 455 g/mol. The summed E-state index contributed by atoms with van der Waals surface area (Å²) in [5.41, 5.74) is 0.626. The lowest BCUT2D eigenvalue weighted by molar-refractivity contribution is -0.385. The highest BCUT2D eigenvalue weighted by molar-refractivity contribution is 7.92. The fourth-order valence-electron chi connectivity index (χ4n) is 3.18. The number of hydrogen-bond donors (Lipinski definition) is 1. The van der Waals surface area contributed by atoms with E-state index in [-0.39, 0.29) is 34.3 Å². The average molecular weight is 455 g/mol. The highest BCUT2D eigenvalue weighted by atomic mass is 32.2. The Hall–Kier alpha value is -4.19. The SMILES string of the molecule is COc1ccc([N+](=O)[O-])cc1S(=O)(=O)Nc1cccc(Cn2nc3ccccn3c2=O)c1. The Morgan fingerprint density at radius 1 is 1.12 bits per heavy atom. The first-order valence-corrected chi connectivity index (χ1v) is 10.8. The Kier molecular flexibility index (Phi) is 5.36. The maximum atomic E-state index is 12.9. The summed E-state index contributed by atoms with van der Waals surface area (Å²) in [5.74, 6) is -0.0319. The van der Waals surface area contributed by atoms with Crippen LogP contribution in [0.2, 0.25) is 0 Å². The van der Waals surface area contributed by atoms with Gasteiger partial charge in [0.25, 0.3) is 15.7 Å². The molecule has 0 radical (unpaired) electrons. The number of hydrogen-bond acceptors (Lipinski definition) is 7. The van der Waals surface area contributed by atoms with E-state index in [4.69, 9.17) is 4.74 Å². The van der Waals surface area contributed by atoms with Crippen LogP contribution in [0.25, 0.3) is 5.65 Å². The molecule has 11 nitrogen and oxygen atoms in total. The molecule has 0 fully saturated rings. The Labute approximate surface area is 181 Å². The molecule has 0 bridgehead atoms. The molecule has 0 aliphatic heterocycles. The van der Waals surface area contributed by atoms with Crippen molar-refractivity contribution < 1.29 is 18.1 Å². The van der Waals surface area contributed by atoms with Gasteiger partial charge >= 0.3 is 5.69 Å². The third-order valence-electron chi connectivity index (χ3n) is 4.65. The minimum atomic E-state index is -4.20. The number of fused-ring (bicyclic) bond motifs is 1. The van der Waals surface area contributed by atoms with Crippen molar-refractivity contribution in [1.82, 2.24) is 14.2 Å². The van der Waals surface area contributed by atoms with Gasteiger partial charge in [-0.2, -0.15) is 0 Å². The van der Waals surface area contributed by atoms with Gasteiger partial charge in [0, 0.05) is 24.0 Å². The second-order valence-corrected chi connectivity index (χ2v) is 8.42. The van der Waals surface area contributed by atoms with Crippen molar-refractivity contribution in [2.45, 2.75) is 11.4 Å². The molecule has 1 N–H and O–H groups in total. The molecule has 0 saturated heterocycles. The second kappa shape index (κ2) is 8.15. The molecule has 32 heavy (non-hydrogen) atoms. The van der Waals surface area contributed by atoms with Crippen molar-refractivity contribution in [2.24, 2.45) is 0 Å². The van der Waals surface area contributed by atoms with Crippen LogP contribution in [-0.2, 0) is 16.6 Å². The summed E-state index contributed by atoms with van der Waals surface area (Å²) in [4.78, 5) is 22.5. The lowest BCUT2D eigenvalue weighted by Gasteiger charge is -2.12. The molecule has 2 aromatic heterocycles. The van der Waals surface area contributed by atoms with E-state index in [2.05, 4.69) is 9.82 Å². The zero-order chi connectivity index (χ0) is 22.9. The summed E-state index contributed by atoms with van der Waals surface area (Å²) in [5, 5.41) is 15.3. The topological polar surface area (TPSA) is 138 Å². The number of methoxy groups -OCH3 is 1. The van der Waals surface area contributed by atoms with Crippen LogP contribution in [-0.4, -0.2) is 34.6 Å². The third-order valence-corrected chi connectivity index (χ3v) is 6.05. The summed E-state index contributed by atoms with van der Waals surface area (Å²) in [6, 6.07) is 14.9. The van der Waals surface area contributed by atoms with Gasteiger partial charge in [-0.05, 0) is 35.9 Å². The number of rotatable bonds is 7. The lowest BCUT2D eigenvalue weighted by atomic mass is 10.2. The standard InChI is InChI=1S/C20H17N5O6S/c1-31-17-9-8-16(25(27)28)12-18(17)32(29,30)22-15-6-4-5-14(11-15)13-24-20(26)23-10-3-2-7-19(23)21-24/h2-12,22H,13H2,1H3. The largest absolute Gasteiger partial charge is 0.495 e. The van der Waals surface area contributed by atoms with Gasteiger partial charge in [0.05, 0.1) is 18.6 Å². The Bertz CT molecular complexity index is 1490. The molecule has 4 aromatic rings. The molecule has 0 saturated carbocycles. The maximum Gasteiger partial charge on any atom is 0.350 e. The number of nitro benzene ring substituents is 1. The molecular weight excluding hydrogens is 438 g/mol. The summed E-state index contributed by atoms with van der Waals surface area (Å²) in [7, 11) is -2.93. The molecule has 2 heterocycles. The minimum absolute atomic E-state index is 0.0319. The van der Waals surface area contributed by atoms with Crippen molar-refractivity contribution in [3.05, 3.63) is 93.0 Å². The van der Waals surface area contributed by atoms with E-state index in [0.717, 1.165) is 12.1 Å². The number of ether oxygens (including phenoxy) is 1. The van der Waals surface area contributed by atoms with Crippen LogP contribution in [0.4, 0.5) is 11.4 Å². The van der Waals surface area contributed by atoms with Crippen LogP contribution in [0.3, 0.4) is 0 Å². The highest BCUT2D eigenvalue weighted by Gasteiger charge is 2.23. The zero-order valence-electron chi connectivity index (χ0n) is 16.7. The Balaban J connectivity index is 1.64. The summed E-state index contributed by atoms with van der Waals surface area (Å²) >= 11 is 0. The number of nitrogens with zero attached hydrogens (tertiary/aromatic N) is 4. The molecule has 4 rings (SSSR count). The van der Waals surface area contributed by atoms with Crippen molar-refractivity contribution in [1.29, 1.82) is 0 Å².